The monoisotopic (exact) mass is 347 g/mol. The summed E-state index contributed by atoms with van der Waals surface area (Å²) >= 11 is 0. The molecule has 2 amide bonds. The normalized spacial score (nSPS) is 30.2. The maximum atomic E-state index is 12.9. The molecule has 2 fully saturated rings. The average Bonchev–Trinajstić information content (AvgIpc) is 3.08. The molecule has 5 heteroatoms. The molecule has 132 valence electrons. The Morgan fingerprint density at radius 3 is 2.27 bits per heavy atom. The number of para-hydroxylation sites is 1. The molecule has 0 radical (unpaired) electrons. The van der Waals surface area contributed by atoms with Crippen molar-refractivity contribution in [3.63, 3.8) is 0 Å². The molecule has 2 aromatic rings. The van der Waals surface area contributed by atoms with Crippen molar-refractivity contribution >= 4 is 28.9 Å². The Kier molecular flexibility index (Phi) is 3.23. The van der Waals surface area contributed by atoms with Crippen molar-refractivity contribution in [3.8, 4) is 0 Å². The van der Waals surface area contributed by atoms with Crippen molar-refractivity contribution in [2.45, 2.75) is 19.8 Å². The number of aromatic nitrogens is 1. The van der Waals surface area contributed by atoms with Crippen LogP contribution in [-0.4, -0.2) is 27.6 Å². The van der Waals surface area contributed by atoms with Gasteiger partial charge in [0.2, 0.25) is 0 Å². The van der Waals surface area contributed by atoms with Gasteiger partial charge in [-0.05, 0) is 37.7 Å². The van der Waals surface area contributed by atoms with E-state index in [-0.39, 0.29) is 35.5 Å². The van der Waals surface area contributed by atoms with E-state index in [4.69, 9.17) is 0 Å². The number of hydrogen-bond acceptors (Lipinski definition) is 3. The van der Waals surface area contributed by atoms with Gasteiger partial charge in [-0.2, -0.15) is 10.1 Å². The molecule has 2 bridgehead atoms. The lowest BCUT2D eigenvalue weighted by Gasteiger charge is -2.37. The largest absolute Gasteiger partial charge is 0.347 e. The Morgan fingerprint density at radius 2 is 1.65 bits per heavy atom. The van der Waals surface area contributed by atoms with Crippen molar-refractivity contribution in [1.82, 2.24) is 9.58 Å². The van der Waals surface area contributed by atoms with Crippen molar-refractivity contribution in [1.29, 1.82) is 0 Å². The second-order valence-electron chi connectivity index (χ2n) is 7.65. The molecule has 1 aromatic heterocycles. The third-order valence-corrected chi connectivity index (χ3v) is 6.49. The summed E-state index contributed by atoms with van der Waals surface area (Å²) in [6, 6.07) is 8.10. The zero-order chi connectivity index (χ0) is 18.0. The highest BCUT2D eigenvalue weighted by Gasteiger charge is 2.56. The van der Waals surface area contributed by atoms with Gasteiger partial charge in [-0.25, -0.2) is 0 Å². The van der Waals surface area contributed by atoms with Gasteiger partial charge in [0.05, 0.1) is 18.1 Å². The molecule has 0 spiro atoms. The Morgan fingerprint density at radius 1 is 1.04 bits per heavy atom. The Labute approximate surface area is 152 Å². The smallest absolute Gasteiger partial charge is 0.254 e. The summed E-state index contributed by atoms with van der Waals surface area (Å²) in [4.78, 5) is 25.7. The third kappa shape index (κ3) is 1.94. The van der Waals surface area contributed by atoms with Gasteiger partial charge in [0, 0.05) is 29.2 Å². The molecule has 1 saturated heterocycles. The van der Waals surface area contributed by atoms with Gasteiger partial charge in [-0.3, -0.25) is 9.59 Å². The molecule has 4 aliphatic rings. The number of carbonyl (C=O) groups is 2. The summed E-state index contributed by atoms with van der Waals surface area (Å²) in [6.45, 7) is 2.03. The van der Waals surface area contributed by atoms with E-state index < -0.39 is 0 Å². The number of aryl methyl sites for hydroxylation is 1. The number of nitrogens with zero attached hydrogens (tertiary/aromatic N) is 3. The van der Waals surface area contributed by atoms with Crippen LogP contribution < -0.4 is 0 Å². The number of amides is 2. The van der Waals surface area contributed by atoms with Crippen LogP contribution in [0.25, 0.3) is 10.9 Å². The summed E-state index contributed by atoms with van der Waals surface area (Å²) in [5, 5.41) is 6.58. The summed E-state index contributed by atoms with van der Waals surface area (Å²) in [5.74, 6) is -0.294. The number of imide groups is 1. The average molecular weight is 347 g/mol. The number of benzene rings is 1. The fourth-order valence-electron chi connectivity index (χ4n) is 5.00. The number of carbonyl (C=O) groups excluding carboxylic acids is 2. The molecule has 26 heavy (non-hydrogen) atoms. The molecular weight excluding hydrogens is 326 g/mol. The van der Waals surface area contributed by atoms with Crippen LogP contribution in [0, 0.1) is 30.6 Å². The first-order valence-electron chi connectivity index (χ1n) is 9.22. The molecule has 0 N–H and O–H groups in total. The summed E-state index contributed by atoms with van der Waals surface area (Å²) in [6.07, 6.45) is 7.94. The van der Waals surface area contributed by atoms with Crippen molar-refractivity contribution in [3.05, 3.63) is 47.7 Å². The highest BCUT2D eigenvalue weighted by Crippen LogP contribution is 2.49. The number of allylic oxidation sites excluding steroid dienone is 2. The van der Waals surface area contributed by atoms with Crippen LogP contribution in [0.3, 0.4) is 0 Å². The Hall–Kier alpha value is -2.69. The van der Waals surface area contributed by atoms with Gasteiger partial charge in [-0.1, -0.05) is 30.4 Å². The Balaban J connectivity index is 1.52. The number of rotatable bonds is 2. The van der Waals surface area contributed by atoms with Gasteiger partial charge in [0.15, 0.2) is 0 Å². The third-order valence-electron chi connectivity index (χ3n) is 6.49. The second kappa shape index (κ2) is 5.40. The van der Waals surface area contributed by atoms with Crippen molar-refractivity contribution in [2.75, 3.05) is 0 Å². The molecule has 0 unspecified atom stereocenters. The fourth-order valence-corrected chi connectivity index (χ4v) is 5.00. The predicted octanol–water partition coefficient (Wildman–Crippen LogP) is 3.02. The van der Waals surface area contributed by atoms with Crippen LogP contribution in [0.5, 0.6) is 0 Å². The van der Waals surface area contributed by atoms with E-state index >= 15 is 0 Å². The van der Waals surface area contributed by atoms with Gasteiger partial charge < -0.3 is 4.57 Å². The molecule has 5 nitrogen and oxygen atoms in total. The molecule has 1 aliphatic heterocycles. The standard InChI is InChI=1S/C21H21N3O2/c1-12-16(15-5-3-4-6-17(15)23(12)2)11-22-24-20(25)18-13-7-8-14(10-9-13)19(18)21(24)26/h3-8,11,13-14,18-19H,9-10H2,1-2H3/b22-11-/t13-,14-,18+,19+/m0/s1. The predicted molar refractivity (Wildman–Crippen MR) is 99.4 cm³/mol. The van der Waals surface area contributed by atoms with Crippen LogP contribution in [0.2, 0.25) is 0 Å². The molecule has 2 heterocycles. The maximum Gasteiger partial charge on any atom is 0.254 e. The minimum absolute atomic E-state index is 0.131. The molecule has 1 saturated carbocycles. The first-order chi connectivity index (χ1) is 12.6. The van der Waals surface area contributed by atoms with E-state index in [1.54, 1.807) is 6.21 Å². The topological polar surface area (TPSA) is 54.7 Å². The summed E-state index contributed by atoms with van der Waals surface area (Å²) in [7, 11) is 2.01. The lowest BCUT2D eigenvalue weighted by atomic mass is 9.63. The van der Waals surface area contributed by atoms with E-state index in [1.807, 2.05) is 32.2 Å². The molecular formula is C21H21N3O2. The van der Waals surface area contributed by atoms with Gasteiger partial charge in [0.25, 0.3) is 11.8 Å². The van der Waals surface area contributed by atoms with Crippen LogP contribution >= 0.6 is 0 Å². The minimum atomic E-state index is -0.211. The molecule has 6 rings (SSSR count). The van der Waals surface area contributed by atoms with Crippen LogP contribution in [0.1, 0.15) is 24.1 Å². The van der Waals surface area contributed by atoms with E-state index in [1.165, 1.54) is 0 Å². The molecule has 1 aromatic carbocycles. The summed E-state index contributed by atoms with van der Waals surface area (Å²) in [5.41, 5.74) is 3.13. The maximum absolute atomic E-state index is 12.9. The molecule has 4 atom stereocenters. The lowest BCUT2D eigenvalue weighted by molar-refractivity contribution is -0.140. The second-order valence-corrected chi connectivity index (χ2v) is 7.65. The first-order valence-corrected chi connectivity index (χ1v) is 9.22. The van der Waals surface area contributed by atoms with Crippen molar-refractivity contribution in [2.24, 2.45) is 35.8 Å². The van der Waals surface area contributed by atoms with Gasteiger partial charge >= 0.3 is 0 Å². The lowest BCUT2D eigenvalue weighted by Crippen LogP contribution is -2.38. The van der Waals surface area contributed by atoms with Crippen molar-refractivity contribution < 1.29 is 9.59 Å². The van der Waals surface area contributed by atoms with E-state index in [0.29, 0.717) is 0 Å². The van der Waals surface area contributed by atoms with Gasteiger partial charge in [-0.15, -0.1) is 0 Å². The number of hydrazone groups is 1. The molecule has 3 aliphatic carbocycles. The zero-order valence-corrected chi connectivity index (χ0v) is 14.9. The Bertz CT molecular complexity index is 968. The fraction of sp³-hybridized carbons (Fsp3) is 0.381. The highest BCUT2D eigenvalue weighted by molar-refractivity contribution is 6.07. The van der Waals surface area contributed by atoms with Crippen LogP contribution in [-0.2, 0) is 16.6 Å². The van der Waals surface area contributed by atoms with Crippen LogP contribution in [0.4, 0.5) is 0 Å². The first kappa shape index (κ1) is 15.6. The van der Waals surface area contributed by atoms with Crippen LogP contribution in [0.15, 0.2) is 41.5 Å². The SMILES string of the molecule is Cc1c(/C=N\N2C(=O)[C@H]3[C@H](C2=O)[C@H]2C=C[C@H]3CC2)c2ccccc2n1C. The number of fused-ring (bicyclic) bond motifs is 2. The van der Waals surface area contributed by atoms with E-state index in [2.05, 4.69) is 27.9 Å². The highest BCUT2D eigenvalue weighted by atomic mass is 16.2. The van der Waals surface area contributed by atoms with E-state index in [0.717, 1.165) is 40.0 Å². The minimum Gasteiger partial charge on any atom is -0.347 e. The summed E-state index contributed by atoms with van der Waals surface area (Å²) < 4.78 is 2.11. The zero-order valence-electron chi connectivity index (χ0n) is 14.9. The van der Waals surface area contributed by atoms with E-state index in [9.17, 15) is 9.59 Å². The van der Waals surface area contributed by atoms with Gasteiger partial charge in [0.1, 0.15) is 0 Å². The quantitative estimate of drug-likeness (QED) is 0.476. The number of hydrogen-bond donors (Lipinski definition) is 0.